The van der Waals surface area contributed by atoms with E-state index >= 15 is 0 Å². The molecule has 6 heteroatoms. The molecule has 1 aromatic carbocycles. The third-order valence-electron chi connectivity index (χ3n) is 2.19. The number of carboxylic acid groups (broad SMARTS) is 1. The number of rotatable bonds is 7. The van der Waals surface area contributed by atoms with E-state index in [1.807, 2.05) is 0 Å². The maximum atomic E-state index is 11.4. The van der Waals surface area contributed by atoms with Crippen molar-refractivity contribution in [3.63, 3.8) is 0 Å². The molecule has 5 nitrogen and oxygen atoms in total. The number of aliphatic carboxylic acids is 1. The summed E-state index contributed by atoms with van der Waals surface area (Å²) in [4.78, 5) is 10.4. The Hall–Kier alpha value is -1.82. The summed E-state index contributed by atoms with van der Waals surface area (Å²) >= 11 is 0. The van der Waals surface area contributed by atoms with Gasteiger partial charge >= 0.3 is 5.97 Å². The van der Waals surface area contributed by atoms with Gasteiger partial charge in [0.05, 0.1) is 5.75 Å². The molecule has 0 aliphatic heterocycles. The molecule has 0 atom stereocenters. The Morgan fingerprint density at radius 3 is 2.44 bits per heavy atom. The molecule has 0 saturated carbocycles. The van der Waals surface area contributed by atoms with Crippen LogP contribution in [0.3, 0.4) is 0 Å². The Kier molecular flexibility index (Phi) is 4.91. The average Bonchev–Trinajstić information content (AvgIpc) is 2.27. The van der Waals surface area contributed by atoms with Gasteiger partial charge in [-0.05, 0) is 24.1 Å². The number of anilines is 1. The summed E-state index contributed by atoms with van der Waals surface area (Å²) in [6, 6.07) is 6.62. The quantitative estimate of drug-likeness (QED) is 0.737. The van der Waals surface area contributed by atoms with Crippen LogP contribution in [-0.4, -0.2) is 25.2 Å². The SMILES string of the molecule is C=CCS(=O)(=O)Nc1ccc(CCC(=O)O)cc1. The van der Waals surface area contributed by atoms with E-state index in [0.29, 0.717) is 12.1 Å². The van der Waals surface area contributed by atoms with Crippen molar-refractivity contribution in [1.29, 1.82) is 0 Å². The number of hydrogen-bond acceptors (Lipinski definition) is 3. The summed E-state index contributed by atoms with van der Waals surface area (Å²) in [7, 11) is -3.39. The number of hydrogen-bond donors (Lipinski definition) is 2. The van der Waals surface area contributed by atoms with Crippen LogP contribution in [0.5, 0.6) is 0 Å². The van der Waals surface area contributed by atoms with E-state index in [9.17, 15) is 13.2 Å². The van der Waals surface area contributed by atoms with Crippen molar-refractivity contribution in [3.8, 4) is 0 Å². The van der Waals surface area contributed by atoms with Gasteiger partial charge < -0.3 is 5.11 Å². The summed E-state index contributed by atoms with van der Waals surface area (Å²) in [6.07, 6.45) is 1.79. The summed E-state index contributed by atoms with van der Waals surface area (Å²) in [5, 5.41) is 8.54. The summed E-state index contributed by atoms with van der Waals surface area (Å²) in [5.74, 6) is -1.00. The lowest BCUT2D eigenvalue weighted by Crippen LogP contribution is -2.15. The van der Waals surface area contributed by atoms with Gasteiger partial charge in [-0.25, -0.2) is 8.42 Å². The largest absolute Gasteiger partial charge is 0.481 e. The topological polar surface area (TPSA) is 83.5 Å². The highest BCUT2D eigenvalue weighted by Gasteiger charge is 2.07. The molecule has 2 N–H and O–H groups in total. The minimum Gasteiger partial charge on any atom is -0.481 e. The molecule has 18 heavy (non-hydrogen) atoms. The average molecular weight is 269 g/mol. The zero-order valence-electron chi connectivity index (χ0n) is 9.80. The predicted octanol–water partition coefficient (Wildman–Crippen LogP) is 1.63. The van der Waals surface area contributed by atoms with Crippen molar-refractivity contribution in [2.75, 3.05) is 10.5 Å². The smallest absolute Gasteiger partial charge is 0.303 e. The zero-order chi connectivity index (χ0) is 13.6. The lowest BCUT2D eigenvalue weighted by Gasteiger charge is -2.06. The number of carboxylic acids is 1. The first-order chi connectivity index (χ1) is 8.43. The maximum absolute atomic E-state index is 11.4. The molecular formula is C12H15NO4S. The Bertz CT molecular complexity index is 520. The van der Waals surface area contributed by atoms with Crippen LogP contribution in [0.15, 0.2) is 36.9 Å². The highest BCUT2D eigenvalue weighted by molar-refractivity contribution is 7.92. The second kappa shape index (κ2) is 6.20. The number of sulfonamides is 1. The number of carbonyl (C=O) groups is 1. The Morgan fingerprint density at radius 1 is 1.33 bits per heavy atom. The Balaban J connectivity index is 2.65. The lowest BCUT2D eigenvalue weighted by molar-refractivity contribution is -0.136. The second-order valence-electron chi connectivity index (χ2n) is 3.76. The summed E-state index contributed by atoms with van der Waals surface area (Å²) < 4.78 is 25.3. The first-order valence-corrected chi connectivity index (χ1v) is 7.00. The third kappa shape index (κ3) is 5.01. The molecule has 1 aromatic rings. The summed E-state index contributed by atoms with van der Waals surface area (Å²) in [5.41, 5.74) is 1.31. The van der Waals surface area contributed by atoms with Gasteiger partial charge in [0.2, 0.25) is 10.0 Å². The first kappa shape index (κ1) is 14.2. The molecular weight excluding hydrogens is 254 g/mol. The van der Waals surface area contributed by atoms with Crippen molar-refractivity contribution >= 4 is 21.7 Å². The van der Waals surface area contributed by atoms with Crippen molar-refractivity contribution in [3.05, 3.63) is 42.5 Å². The first-order valence-electron chi connectivity index (χ1n) is 5.35. The molecule has 0 aliphatic rings. The van der Waals surface area contributed by atoms with Gasteiger partial charge in [-0.1, -0.05) is 18.2 Å². The minimum absolute atomic E-state index is 0.0571. The van der Waals surface area contributed by atoms with Crippen LogP contribution in [0.25, 0.3) is 0 Å². The van der Waals surface area contributed by atoms with Crippen LogP contribution in [-0.2, 0) is 21.2 Å². The van der Waals surface area contributed by atoms with Crippen LogP contribution in [0.4, 0.5) is 5.69 Å². The normalized spacial score (nSPS) is 10.9. The van der Waals surface area contributed by atoms with Gasteiger partial charge in [-0.2, -0.15) is 0 Å². The lowest BCUT2D eigenvalue weighted by atomic mass is 10.1. The Morgan fingerprint density at radius 2 is 1.94 bits per heavy atom. The van der Waals surface area contributed by atoms with Gasteiger partial charge in [0.25, 0.3) is 0 Å². The van der Waals surface area contributed by atoms with Gasteiger partial charge in [0.15, 0.2) is 0 Å². The molecule has 1 rings (SSSR count). The minimum atomic E-state index is -3.39. The van der Waals surface area contributed by atoms with Crippen LogP contribution >= 0.6 is 0 Å². The fourth-order valence-electron chi connectivity index (χ4n) is 1.37. The van der Waals surface area contributed by atoms with E-state index < -0.39 is 16.0 Å². The fourth-order valence-corrected chi connectivity index (χ4v) is 2.26. The molecule has 0 aromatic heterocycles. The third-order valence-corrected chi connectivity index (χ3v) is 3.41. The predicted molar refractivity (Wildman–Crippen MR) is 70.0 cm³/mol. The van der Waals surface area contributed by atoms with Crippen LogP contribution in [0, 0.1) is 0 Å². The summed E-state index contributed by atoms with van der Waals surface area (Å²) in [6.45, 7) is 3.37. The molecule has 0 saturated heterocycles. The molecule has 0 aliphatic carbocycles. The van der Waals surface area contributed by atoms with Crippen LogP contribution < -0.4 is 4.72 Å². The number of benzene rings is 1. The van der Waals surface area contributed by atoms with Gasteiger partial charge in [-0.3, -0.25) is 9.52 Å². The monoisotopic (exact) mass is 269 g/mol. The molecule has 0 amide bonds. The van der Waals surface area contributed by atoms with E-state index in [4.69, 9.17) is 5.11 Å². The maximum Gasteiger partial charge on any atom is 0.303 e. The zero-order valence-corrected chi connectivity index (χ0v) is 10.6. The van der Waals surface area contributed by atoms with Gasteiger partial charge in [-0.15, -0.1) is 6.58 Å². The van der Waals surface area contributed by atoms with Crippen molar-refractivity contribution in [2.24, 2.45) is 0 Å². The Labute approximate surface area is 106 Å². The molecule has 0 unspecified atom stereocenters. The molecule has 98 valence electrons. The second-order valence-corrected chi connectivity index (χ2v) is 5.53. The van der Waals surface area contributed by atoms with Crippen LogP contribution in [0.2, 0.25) is 0 Å². The standard InChI is InChI=1S/C12H15NO4S/c1-2-9-18(16,17)13-11-6-3-10(4-7-11)5-8-12(14)15/h2-4,6-7,13H,1,5,8-9H2,(H,14,15). The van der Waals surface area contributed by atoms with E-state index in [-0.39, 0.29) is 12.2 Å². The van der Waals surface area contributed by atoms with Crippen LogP contribution in [0.1, 0.15) is 12.0 Å². The van der Waals surface area contributed by atoms with Crippen molar-refractivity contribution < 1.29 is 18.3 Å². The number of aryl methyl sites for hydroxylation is 1. The molecule has 0 fully saturated rings. The van der Waals surface area contributed by atoms with E-state index in [1.165, 1.54) is 6.08 Å². The van der Waals surface area contributed by atoms with Gasteiger partial charge in [0.1, 0.15) is 0 Å². The van der Waals surface area contributed by atoms with Crippen molar-refractivity contribution in [2.45, 2.75) is 12.8 Å². The van der Waals surface area contributed by atoms with Gasteiger partial charge in [0, 0.05) is 12.1 Å². The van der Waals surface area contributed by atoms with E-state index in [2.05, 4.69) is 11.3 Å². The highest BCUT2D eigenvalue weighted by atomic mass is 32.2. The van der Waals surface area contributed by atoms with E-state index in [0.717, 1.165) is 5.56 Å². The molecule has 0 bridgehead atoms. The molecule has 0 heterocycles. The van der Waals surface area contributed by atoms with E-state index in [1.54, 1.807) is 24.3 Å². The highest BCUT2D eigenvalue weighted by Crippen LogP contribution is 2.12. The molecule has 0 spiro atoms. The van der Waals surface area contributed by atoms with Crippen molar-refractivity contribution in [1.82, 2.24) is 0 Å². The number of nitrogens with one attached hydrogen (secondary N) is 1. The fraction of sp³-hybridized carbons (Fsp3) is 0.250. The molecule has 0 radical (unpaired) electrons.